The summed E-state index contributed by atoms with van der Waals surface area (Å²) >= 11 is 0. The number of hydrogen-bond acceptors (Lipinski definition) is 5. The van der Waals surface area contributed by atoms with Crippen LogP contribution in [0, 0.1) is 0 Å². The molecule has 3 rings (SSSR count). The summed E-state index contributed by atoms with van der Waals surface area (Å²) in [4.78, 5) is 7.11. The highest BCUT2D eigenvalue weighted by Crippen LogP contribution is 2.21. The van der Waals surface area contributed by atoms with E-state index in [0.29, 0.717) is 24.3 Å². The Morgan fingerprint density at radius 2 is 2.11 bits per heavy atom. The molecule has 2 unspecified atom stereocenters. The highest BCUT2D eigenvalue weighted by atomic mass is 16.4. The molecule has 0 amide bonds. The van der Waals surface area contributed by atoms with E-state index in [1.165, 1.54) is 12.8 Å². The molecule has 0 spiro atoms. The molecule has 1 aliphatic rings. The second-order valence-electron chi connectivity index (χ2n) is 7.48. The second-order valence-corrected chi connectivity index (χ2v) is 7.48. The average Bonchev–Trinajstić information content (AvgIpc) is 3.45. The van der Waals surface area contributed by atoms with Crippen LogP contribution >= 0.6 is 0 Å². The Balaban J connectivity index is 1.59. The summed E-state index contributed by atoms with van der Waals surface area (Å²) in [6, 6.07) is 7.92. The van der Waals surface area contributed by atoms with Crippen molar-refractivity contribution in [3.05, 3.63) is 48.3 Å². The van der Waals surface area contributed by atoms with E-state index in [2.05, 4.69) is 27.4 Å². The fourth-order valence-corrected chi connectivity index (χ4v) is 3.59. The Kier molecular flexibility index (Phi) is 7.17. The number of aliphatic hydroxyl groups is 1. The van der Waals surface area contributed by atoms with Crippen molar-refractivity contribution < 1.29 is 13.9 Å². The summed E-state index contributed by atoms with van der Waals surface area (Å²) < 4.78 is 10.7. The number of likely N-dealkylation sites (N-methyl/N-ethyl adjacent to an activating group) is 1. The molecular weight excluding hydrogens is 356 g/mol. The minimum atomic E-state index is -1.15. The number of guanidine groups is 1. The van der Waals surface area contributed by atoms with Crippen LogP contribution in [0.5, 0.6) is 0 Å². The van der Waals surface area contributed by atoms with Gasteiger partial charge in [-0.15, -0.1) is 0 Å². The molecule has 7 nitrogen and oxygen atoms in total. The summed E-state index contributed by atoms with van der Waals surface area (Å²) in [6.07, 6.45) is 6.46. The van der Waals surface area contributed by atoms with Crippen LogP contribution in [0.25, 0.3) is 0 Å². The van der Waals surface area contributed by atoms with Gasteiger partial charge >= 0.3 is 0 Å². The third-order valence-electron chi connectivity index (χ3n) is 5.25. The number of hydrogen-bond donors (Lipinski definition) is 3. The van der Waals surface area contributed by atoms with Crippen LogP contribution in [-0.4, -0.2) is 54.7 Å². The Hall–Kier alpha value is -2.25. The summed E-state index contributed by atoms with van der Waals surface area (Å²) in [5.74, 6) is 2.14. The van der Waals surface area contributed by atoms with Crippen molar-refractivity contribution >= 4 is 5.96 Å². The van der Waals surface area contributed by atoms with E-state index in [4.69, 9.17) is 8.83 Å². The number of rotatable bonds is 9. The van der Waals surface area contributed by atoms with E-state index in [9.17, 15) is 5.11 Å². The molecule has 2 atom stereocenters. The van der Waals surface area contributed by atoms with Gasteiger partial charge in [-0.25, -0.2) is 4.99 Å². The Labute approximate surface area is 166 Å². The van der Waals surface area contributed by atoms with Crippen LogP contribution in [0.1, 0.15) is 38.2 Å². The summed E-state index contributed by atoms with van der Waals surface area (Å²) in [6.45, 7) is 7.89. The van der Waals surface area contributed by atoms with Gasteiger partial charge in [0.05, 0.1) is 19.1 Å². The molecule has 0 aliphatic carbocycles. The second kappa shape index (κ2) is 9.80. The number of furan rings is 2. The fraction of sp³-hybridized carbons (Fsp3) is 0.571. The molecule has 0 radical (unpaired) electrons. The van der Waals surface area contributed by atoms with Crippen LogP contribution in [0.3, 0.4) is 0 Å². The van der Waals surface area contributed by atoms with Crippen molar-refractivity contribution in [3.63, 3.8) is 0 Å². The average molecular weight is 389 g/mol. The molecule has 2 aromatic heterocycles. The predicted octanol–water partition coefficient (Wildman–Crippen LogP) is 2.34. The standard InChI is InChI=1S/C21H32N4O3/c1-3-25-12-4-7-17(25)15-23-20(22-11-10-18-8-5-13-27-18)24-16-21(2,26)19-9-6-14-28-19/h5-6,8-9,13-14,17,26H,3-4,7,10-12,15-16H2,1-2H3,(H2,22,23,24). The number of likely N-dealkylation sites (tertiary alicyclic amines) is 1. The molecule has 1 aliphatic heterocycles. The lowest BCUT2D eigenvalue weighted by atomic mass is 10.0. The molecule has 28 heavy (non-hydrogen) atoms. The van der Waals surface area contributed by atoms with Crippen molar-refractivity contribution in [1.29, 1.82) is 0 Å². The van der Waals surface area contributed by atoms with E-state index in [-0.39, 0.29) is 6.54 Å². The van der Waals surface area contributed by atoms with Gasteiger partial charge in [0.2, 0.25) is 0 Å². The third-order valence-corrected chi connectivity index (χ3v) is 5.25. The van der Waals surface area contributed by atoms with E-state index >= 15 is 0 Å². The van der Waals surface area contributed by atoms with Crippen molar-refractivity contribution in [2.24, 2.45) is 4.99 Å². The van der Waals surface area contributed by atoms with Crippen molar-refractivity contribution in [1.82, 2.24) is 15.5 Å². The van der Waals surface area contributed by atoms with Gasteiger partial charge in [0, 0.05) is 25.6 Å². The lowest BCUT2D eigenvalue weighted by Crippen LogP contribution is -2.45. The van der Waals surface area contributed by atoms with Crippen LogP contribution < -0.4 is 10.6 Å². The van der Waals surface area contributed by atoms with Crippen LogP contribution in [0.15, 0.2) is 50.6 Å². The van der Waals surface area contributed by atoms with E-state index < -0.39 is 5.60 Å². The first-order chi connectivity index (χ1) is 13.6. The zero-order valence-corrected chi connectivity index (χ0v) is 16.9. The molecule has 7 heteroatoms. The molecule has 1 saturated heterocycles. The Morgan fingerprint density at radius 3 is 2.82 bits per heavy atom. The predicted molar refractivity (Wildman–Crippen MR) is 109 cm³/mol. The van der Waals surface area contributed by atoms with Gasteiger partial charge in [-0.3, -0.25) is 4.90 Å². The largest absolute Gasteiger partial charge is 0.469 e. The monoisotopic (exact) mass is 388 g/mol. The number of nitrogens with one attached hydrogen (secondary N) is 2. The van der Waals surface area contributed by atoms with Gasteiger partial charge in [-0.05, 0) is 57.1 Å². The summed E-state index contributed by atoms with van der Waals surface area (Å²) in [7, 11) is 0. The van der Waals surface area contributed by atoms with Crippen LogP contribution in [0.4, 0.5) is 0 Å². The molecule has 3 N–H and O–H groups in total. The first-order valence-corrected chi connectivity index (χ1v) is 10.1. The summed E-state index contributed by atoms with van der Waals surface area (Å²) in [5.41, 5.74) is -1.15. The maximum atomic E-state index is 10.7. The molecule has 3 heterocycles. The quantitative estimate of drug-likeness (QED) is 0.452. The van der Waals surface area contributed by atoms with Crippen molar-refractivity contribution in [3.8, 4) is 0 Å². The lowest BCUT2D eigenvalue weighted by Gasteiger charge is -2.24. The van der Waals surface area contributed by atoms with Crippen molar-refractivity contribution in [2.75, 3.05) is 32.7 Å². The topological polar surface area (TPSA) is 86.2 Å². The smallest absolute Gasteiger partial charge is 0.191 e. The third kappa shape index (κ3) is 5.62. The maximum Gasteiger partial charge on any atom is 0.191 e. The minimum Gasteiger partial charge on any atom is -0.469 e. The first kappa shape index (κ1) is 20.5. The zero-order chi connectivity index (χ0) is 19.8. The molecule has 154 valence electrons. The van der Waals surface area contributed by atoms with E-state index in [0.717, 1.165) is 31.8 Å². The van der Waals surface area contributed by atoms with Gasteiger partial charge in [0.25, 0.3) is 0 Å². The van der Waals surface area contributed by atoms with Gasteiger partial charge in [-0.1, -0.05) is 6.92 Å². The number of nitrogens with zero attached hydrogens (tertiary/aromatic N) is 2. The molecule has 0 bridgehead atoms. The van der Waals surface area contributed by atoms with E-state index in [1.807, 2.05) is 12.1 Å². The molecule has 2 aromatic rings. The maximum absolute atomic E-state index is 10.7. The Bertz CT molecular complexity index is 710. The van der Waals surface area contributed by atoms with Crippen LogP contribution in [0.2, 0.25) is 0 Å². The number of aliphatic imine (C=N–C) groups is 1. The zero-order valence-electron chi connectivity index (χ0n) is 16.9. The van der Waals surface area contributed by atoms with Gasteiger partial charge < -0.3 is 24.6 Å². The van der Waals surface area contributed by atoms with Gasteiger partial charge in [0.1, 0.15) is 17.1 Å². The summed E-state index contributed by atoms with van der Waals surface area (Å²) in [5, 5.41) is 17.5. The normalized spacial score (nSPS) is 20.2. The first-order valence-electron chi connectivity index (χ1n) is 10.1. The van der Waals surface area contributed by atoms with Crippen LogP contribution in [-0.2, 0) is 12.0 Å². The van der Waals surface area contributed by atoms with Gasteiger partial charge in [0.15, 0.2) is 5.96 Å². The minimum absolute atomic E-state index is 0.207. The molecule has 0 saturated carbocycles. The Morgan fingerprint density at radius 1 is 1.29 bits per heavy atom. The highest BCUT2D eigenvalue weighted by molar-refractivity contribution is 5.79. The lowest BCUT2D eigenvalue weighted by molar-refractivity contribution is 0.0437. The highest BCUT2D eigenvalue weighted by Gasteiger charge is 2.26. The molecular formula is C21H32N4O3. The molecule has 0 aromatic carbocycles. The van der Waals surface area contributed by atoms with Crippen molar-refractivity contribution in [2.45, 2.75) is 44.8 Å². The fourth-order valence-electron chi connectivity index (χ4n) is 3.59. The molecule has 1 fully saturated rings. The van der Waals surface area contributed by atoms with Gasteiger partial charge in [-0.2, -0.15) is 0 Å². The van der Waals surface area contributed by atoms with E-state index in [1.54, 1.807) is 31.6 Å². The SMILES string of the molecule is CCN1CCCC1CNC(=NCC(C)(O)c1ccco1)NCCc1ccco1.